The second-order valence-corrected chi connectivity index (χ2v) is 6.42. The summed E-state index contributed by atoms with van der Waals surface area (Å²) in [6.45, 7) is 4.55. The van der Waals surface area contributed by atoms with Crippen molar-refractivity contribution in [1.29, 1.82) is 0 Å². The van der Waals surface area contributed by atoms with E-state index < -0.39 is 11.7 Å². The van der Waals surface area contributed by atoms with Crippen LogP contribution in [0.4, 0.5) is 24.5 Å². The molecule has 27 heavy (non-hydrogen) atoms. The minimum Gasteiger partial charge on any atom is -0.409 e. The molecule has 0 aliphatic carbocycles. The number of rotatable bonds is 6. The Bertz CT molecular complexity index is 746. The van der Waals surface area contributed by atoms with Crippen molar-refractivity contribution in [2.24, 2.45) is 5.90 Å². The summed E-state index contributed by atoms with van der Waals surface area (Å²) in [5, 5.41) is 3.29. The van der Waals surface area contributed by atoms with Gasteiger partial charge in [0.25, 0.3) is 0 Å². The molecule has 0 atom stereocenters. The van der Waals surface area contributed by atoms with Crippen LogP contribution in [0.25, 0.3) is 0 Å². The van der Waals surface area contributed by atoms with Crippen molar-refractivity contribution in [2.45, 2.75) is 6.18 Å². The highest BCUT2D eigenvalue weighted by atomic mass is 19.4. The number of hydrogen-bond donors (Lipinski definition) is 2. The number of anilines is 2. The molecule has 1 aliphatic heterocycles. The minimum absolute atomic E-state index is 0.590. The fourth-order valence-corrected chi connectivity index (χ4v) is 3.17. The van der Waals surface area contributed by atoms with Gasteiger partial charge < -0.3 is 15.1 Å². The molecule has 1 aliphatic rings. The summed E-state index contributed by atoms with van der Waals surface area (Å²) >= 11 is 0. The summed E-state index contributed by atoms with van der Waals surface area (Å²) in [5.74, 6) is 5.84. The summed E-state index contributed by atoms with van der Waals surface area (Å²) in [7, 11) is 0. The first-order valence-electron chi connectivity index (χ1n) is 8.81. The third-order valence-corrected chi connectivity index (χ3v) is 4.67. The zero-order valence-electron chi connectivity index (χ0n) is 14.9. The van der Waals surface area contributed by atoms with E-state index in [-0.39, 0.29) is 0 Å². The summed E-state index contributed by atoms with van der Waals surface area (Å²) in [4.78, 5) is 9.10. The largest absolute Gasteiger partial charge is 0.416 e. The van der Waals surface area contributed by atoms with Crippen LogP contribution in [0.5, 0.6) is 5.75 Å². The number of nitrogens with zero attached hydrogens (tertiary/aromatic N) is 2. The lowest BCUT2D eigenvalue weighted by Gasteiger charge is -2.36. The molecule has 146 valence electrons. The molecule has 5 nitrogen and oxygen atoms in total. The monoisotopic (exact) mass is 380 g/mol. The third kappa shape index (κ3) is 5.05. The maximum Gasteiger partial charge on any atom is 0.416 e. The molecule has 3 rings (SSSR count). The molecule has 0 aromatic heterocycles. The van der Waals surface area contributed by atoms with Crippen LogP contribution in [0.1, 0.15) is 5.56 Å². The Morgan fingerprint density at radius 1 is 1.00 bits per heavy atom. The second-order valence-electron chi connectivity index (χ2n) is 6.42. The van der Waals surface area contributed by atoms with E-state index in [2.05, 4.69) is 10.2 Å². The normalized spacial score (nSPS) is 15.6. The molecule has 0 bridgehead atoms. The number of benzene rings is 2. The predicted octanol–water partition coefficient (Wildman–Crippen LogP) is 3.19. The Hall–Kier alpha value is -2.45. The fourth-order valence-electron chi connectivity index (χ4n) is 3.17. The first kappa shape index (κ1) is 19.3. The predicted molar refractivity (Wildman–Crippen MR) is 99.8 cm³/mol. The van der Waals surface area contributed by atoms with Crippen molar-refractivity contribution in [3.05, 3.63) is 54.1 Å². The Labute approximate surface area is 156 Å². The highest BCUT2D eigenvalue weighted by Crippen LogP contribution is 2.31. The van der Waals surface area contributed by atoms with Crippen LogP contribution in [-0.4, -0.2) is 44.2 Å². The van der Waals surface area contributed by atoms with Gasteiger partial charge in [-0.2, -0.15) is 19.1 Å². The number of nitrogens with one attached hydrogen (secondary N) is 1. The van der Waals surface area contributed by atoms with Crippen molar-refractivity contribution in [3.8, 4) is 5.75 Å². The molecule has 0 amide bonds. The van der Waals surface area contributed by atoms with E-state index in [4.69, 9.17) is 10.7 Å². The van der Waals surface area contributed by atoms with E-state index >= 15 is 0 Å². The van der Waals surface area contributed by atoms with Crippen LogP contribution in [0.3, 0.4) is 0 Å². The molecular weight excluding hydrogens is 357 g/mol. The lowest BCUT2D eigenvalue weighted by molar-refractivity contribution is -0.137. The van der Waals surface area contributed by atoms with Crippen molar-refractivity contribution in [2.75, 3.05) is 49.5 Å². The van der Waals surface area contributed by atoms with Crippen LogP contribution >= 0.6 is 0 Å². The van der Waals surface area contributed by atoms with Gasteiger partial charge in [0.05, 0.1) is 11.3 Å². The number of piperazine rings is 1. The van der Waals surface area contributed by atoms with E-state index in [1.165, 1.54) is 12.1 Å². The molecule has 1 fully saturated rings. The van der Waals surface area contributed by atoms with Crippen LogP contribution in [0.2, 0.25) is 0 Å². The second kappa shape index (κ2) is 8.49. The maximum absolute atomic E-state index is 12.9. The smallest absolute Gasteiger partial charge is 0.409 e. The van der Waals surface area contributed by atoms with E-state index in [9.17, 15) is 13.2 Å². The topological polar surface area (TPSA) is 53.8 Å². The molecule has 8 heteroatoms. The quantitative estimate of drug-likeness (QED) is 0.754. The third-order valence-electron chi connectivity index (χ3n) is 4.67. The number of para-hydroxylation sites is 2. The van der Waals surface area contributed by atoms with Crippen molar-refractivity contribution in [3.63, 3.8) is 0 Å². The van der Waals surface area contributed by atoms with Gasteiger partial charge in [-0.25, -0.2) is 0 Å². The van der Waals surface area contributed by atoms with Crippen LogP contribution in [0, 0.1) is 0 Å². The zero-order valence-corrected chi connectivity index (χ0v) is 14.9. The molecule has 2 aromatic rings. The van der Waals surface area contributed by atoms with Gasteiger partial charge in [-0.15, -0.1) is 0 Å². The minimum atomic E-state index is -4.31. The number of nitrogens with two attached hydrogens (primary N) is 1. The van der Waals surface area contributed by atoms with Crippen LogP contribution < -0.4 is 21.0 Å². The van der Waals surface area contributed by atoms with E-state index in [0.29, 0.717) is 24.5 Å². The first-order chi connectivity index (χ1) is 13.0. The molecule has 0 spiro atoms. The Morgan fingerprint density at radius 3 is 2.44 bits per heavy atom. The van der Waals surface area contributed by atoms with Gasteiger partial charge in [0.2, 0.25) is 0 Å². The van der Waals surface area contributed by atoms with Gasteiger partial charge in [0, 0.05) is 45.0 Å². The van der Waals surface area contributed by atoms with Gasteiger partial charge in [-0.05, 0) is 30.3 Å². The highest BCUT2D eigenvalue weighted by Gasteiger charge is 2.31. The Kier molecular flexibility index (Phi) is 6.08. The first-order valence-corrected chi connectivity index (χ1v) is 8.81. The van der Waals surface area contributed by atoms with Gasteiger partial charge in [-0.3, -0.25) is 4.90 Å². The lowest BCUT2D eigenvalue weighted by atomic mass is 10.1. The summed E-state index contributed by atoms with van der Waals surface area (Å²) < 4.78 is 38.6. The average molecular weight is 380 g/mol. The van der Waals surface area contributed by atoms with Gasteiger partial charge in [-0.1, -0.05) is 18.2 Å². The standard InChI is InChI=1S/C19H23F3N4O/c20-19(21,22)15-4-3-5-16(14-15)26-12-10-25(11-13-26)9-8-24-17-6-1-2-7-18(17)27-23/h1-7,14,24H,8-13,23H2. The molecule has 3 N–H and O–H groups in total. The molecule has 0 saturated carbocycles. The van der Waals surface area contributed by atoms with Crippen LogP contribution in [0.15, 0.2) is 48.5 Å². The number of hydrogen-bond acceptors (Lipinski definition) is 5. The summed E-state index contributed by atoms with van der Waals surface area (Å²) in [6.07, 6.45) is -4.31. The highest BCUT2D eigenvalue weighted by molar-refractivity contribution is 5.56. The fraction of sp³-hybridized carbons (Fsp3) is 0.368. The average Bonchev–Trinajstić information content (AvgIpc) is 2.68. The number of halogens is 3. The Morgan fingerprint density at radius 2 is 1.74 bits per heavy atom. The Balaban J connectivity index is 1.48. The molecule has 0 unspecified atom stereocenters. The molecule has 0 radical (unpaired) electrons. The van der Waals surface area contributed by atoms with Gasteiger partial charge in [0.1, 0.15) is 0 Å². The molecule has 1 heterocycles. The molecular formula is C19H23F3N4O. The van der Waals surface area contributed by atoms with Crippen molar-refractivity contribution in [1.82, 2.24) is 4.90 Å². The van der Waals surface area contributed by atoms with Crippen LogP contribution in [-0.2, 0) is 6.18 Å². The van der Waals surface area contributed by atoms with Gasteiger partial charge >= 0.3 is 6.18 Å². The SMILES string of the molecule is NOc1ccccc1NCCN1CCN(c2cccc(C(F)(F)F)c2)CC1. The van der Waals surface area contributed by atoms with E-state index in [0.717, 1.165) is 37.9 Å². The molecule has 1 saturated heterocycles. The van der Waals surface area contributed by atoms with E-state index in [1.54, 1.807) is 12.1 Å². The lowest BCUT2D eigenvalue weighted by Crippen LogP contribution is -2.47. The van der Waals surface area contributed by atoms with Crippen molar-refractivity contribution >= 4 is 11.4 Å². The maximum atomic E-state index is 12.9. The summed E-state index contributed by atoms with van der Waals surface area (Å²) in [5.41, 5.74) is 0.853. The van der Waals surface area contributed by atoms with E-state index in [1.807, 2.05) is 23.1 Å². The summed E-state index contributed by atoms with van der Waals surface area (Å²) in [6, 6.07) is 13.0. The number of alkyl halides is 3. The van der Waals surface area contributed by atoms with Gasteiger partial charge in [0.15, 0.2) is 5.75 Å². The molecule has 2 aromatic carbocycles. The zero-order chi connectivity index (χ0) is 19.3. The van der Waals surface area contributed by atoms with Crippen molar-refractivity contribution < 1.29 is 18.0 Å².